The third-order valence-electron chi connectivity index (χ3n) is 3.72. The number of nitrogens with two attached hydrogens (primary N) is 1. The number of nitrogen functional groups attached to an aromatic ring is 1. The number of carbonyl (C=O) groups is 1. The molecule has 2 N–H and O–H groups in total. The van der Waals surface area contributed by atoms with Crippen molar-refractivity contribution in [2.75, 3.05) is 5.73 Å². The van der Waals surface area contributed by atoms with Crippen molar-refractivity contribution in [1.29, 1.82) is 5.26 Å². The van der Waals surface area contributed by atoms with E-state index in [4.69, 9.17) is 10.2 Å². The second kappa shape index (κ2) is 4.71. The molecule has 4 aromatic rings. The van der Waals surface area contributed by atoms with Gasteiger partial charge >= 0.3 is 0 Å². The topological polar surface area (TPSA) is 97.3 Å². The first-order valence-corrected chi connectivity index (χ1v) is 6.88. The highest BCUT2D eigenvalue weighted by atomic mass is 16.3. The Labute approximate surface area is 130 Å². The van der Waals surface area contributed by atoms with Crippen molar-refractivity contribution in [3.8, 4) is 6.07 Å². The van der Waals surface area contributed by atoms with Crippen LogP contribution in [0.3, 0.4) is 0 Å². The zero-order valence-electron chi connectivity index (χ0n) is 11.9. The minimum Gasteiger partial charge on any atom is -0.461 e. The number of furan rings is 1. The molecule has 1 aromatic carbocycles. The van der Waals surface area contributed by atoms with E-state index in [1.807, 2.05) is 30.3 Å². The number of imidazole rings is 1. The van der Waals surface area contributed by atoms with Gasteiger partial charge in [0.25, 0.3) is 0 Å². The average Bonchev–Trinajstić information content (AvgIpc) is 3.22. The van der Waals surface area contributed by atoms with Gasteiger partial charge in [0, 0.05) is 0 Å². The highest BCUT2D eigenvalue weighted by Gasteiger charge is 2.21. The number of anilines is 1. The number of hydrogen-bond donors (Lipinski definition) is 1. The number of pyridine rings is 1. The lowest BCUT2D eigenvalue weighted by molar-refractivity contribution is 0.101. The van der Waals surface area contributed by atoms with Crippen LogP contribution < -0.4 is 5.73 Å². The van der Waals surface area contributed by atoms with Crippen LogP contribution in [-0.4, -0.2) is 15.2 Å². The number of para-hydroxylation sites is 2. The van der Waals surface area contributed by atoms with E-state index in [2.05, 4.69) is 4.98 Å². The maximum absolute atomic E-state index is 12.7. The molecule has 0 radical (unpaired) electrons. The van der Waals surface area contributed by atoms with E-state index in [0.29, 0.717) is 11.2 Å². The molecule has 0 amide bonds. The predicted molar refractivity (Wildman–Crippen MR) is 84.0 cm³/mol. The monoisotopic (exact) mass is 302 g/mol. The van der Waals surface area contributed by atoms with Gasteiger partial charge in [-0.05, 0) is 30.3 Å². The lowest BCUT2D eigenvalue weighted by atomic mass is 10.1. The van der Waals surface area contributed by atoms with Gasteiger partial charge in [0.15, 0.2) is 11.4 Å². The van der Waals surface area contributed by atoms with Crippen molar-refractivity contribution in [1.82, 2.24) is 9.38 Å². The molecule has 0 aliphatic rings. The number of rotatable bonds is 2. The summed E-state index contributed by atoms with van der Waals surface area (Å²) < 4.78 is 6.80. The van der Waals surface area contributed by atoms with E-state index in [1.165, 1.54) is 12.3 Å². The van der Waals surface area contributed by atoms with Gasteiger partial charge in [0.1, 0.15) is 11.9 Å². The molecular formula is C17H10N4O2. The van der Waals surface area contributed by atoms with E-state index in [1.54, 1.807) is 16.5 Å². The molecule has 4 rings (SSSR count). The van der Waals surface area contributed by atoms with Crippen LogP contribution in [0.15, 0.2) is 53.1 Å². The summed E-state index contributed by atoms with van der Waals surface area (Å²) in [6, 6.07) is 14.1. The fourth-order valence-electron chi connectivity index (χ4n) is 2.65. The predicted octanol–water partition coefficient (Wildman–Crippen LogP) is 2.77. The van der Waals surface area contributed by atoms with Gasteiger partial charge in [-0.2, -0.15) is 5.26 Å². The van der Waals surface area contributed by atoms with Crippen LogP contribution in [0.25, 0.3) is 16.7 Å². The molecule has 3 aromatic heterocycles. The molecule has 0 atom stereocenters. The number of carbonyl (C=O) groups excluding carboxylic acids is 1. The quantitative estimate of drug-likeness (QED) is 0.574. The molecule has 0 spiro atoms. The van der Waals surface area contributed by atoms with Crippen LogP contribution in [0, 0.1) is 11.3 Å². The number of ketones is 1. The SMILES string of the molecule is N#Cc1cc(C(=O)c2ccco2)c2nc3ccccc3n2c1N. The van der Waals surface area contributed by atoms with E-state index in [-0.39, 0.29) is 28.5 Å². The van der Waals surface area contributed by atoms with E-state index >= 15 is 0 Å². The smallest absolute Gasteiger partial charge is 0.231 e. The fourth-order valence-corrected chi connectivity index (χ4v) is 2.65. The van der Waals surface area contributed by atoms with Crippen molar-refractivity contribution < 1.29 is 9.21 Å². The number of aromatic nitrogens is 2. The molecule has 0 aliphatic carbocycles. The molecule has 0 bridgehead atoms. The van der Waals surface area contributed by atoms with E-state index in [0.717, 1.165) is 5.52 Å². The Morgan fingerprint density at radius 3 is 2.83 bits per heavy atom. The molecule has 0 saturated carbocycles. The summed E-state index contributed by atoms with van der Waals surface area (Å²) in [5.41, 5.74) is 8.44. The highest BCUT2D eigenvalue weighted by Crippen LogP contribution is 2.27. The van der Waals surface area contributed by atoms with Crippen molar-refractivity contribution in [3.05, 3.63) is 65.6 Å². The molecule has 110 valence electrons. The van der Waals surface area contributed by atoms with Crippen LogP contribution in [0.1, 0.15) is 21.7 Å². The first-order chi connectivity index (χ1) is 11.2. The number of hydrogen-bond acceptors (Lipinski definition) is 5. The van der Waals surface area contributed by atoms with Gasteiger partial charge in [-0.3, -0.25) is 9.20 Å². The Hall–Kier alpha value is -3.59. The summed E-state index contributed by atoms with van der Waals surface area (Å²) in [6.07, 6.45) is 1.43. The van der Waals surface area contributed by atoms with Gasteiger partial charge in [0.05, 0.1) is 28.4 Å². The fraction of sp³-hybridized carbons (Fsp3) is 0. The second-order valence-corrected chi connectivity index (χ2v) is 5.03. The maximum Gasteiger partial charge on any atom is 0.231 e. The molecule has 0 fully saturated rings. The molecule has 0 aliphatic heterocycles. The summed E-state index contributed by atoms with van der Waals surface area (Å²) in [4.78, 5) is 17.2. The van der Waals surface area contributed by atoms with E-state index in [9.17, 15) is 10.1 Å². The lowest BCUT2D eigenvalue weighted by Crippen LogP contribution is -2.08. The molecule has 23 heavy (non-hydrogen) atoms. The van der Waals surface area contributed by atoms with Crippen LogP contribution in [0.4, 0.5) is 5.82 Å². The van der Waals surface area contributed by atoms with Crippen LogP contribution >= 0.6 is 0 Å². The molecule has 0 unspecified atom stereocenters. The third-order valence-corrected chi connectivity index (χ3v) is 3.72. The molecule has 3 heterocycles. The Bertz CT molecular complexity index is 1100. The van der Waals surface area contributed by atoms with Crippen molar-refractivity contribution in [2.45, 2.75) is 0 Å². The van der Waals surface area contributed by atoms with Gasteiger partial charge in [-0.1, -0.05) is 12.1 Å². The van der Waals surface area contributed by atoms with Crippen LogP contribution in [-0.2, 0) is 0 Å². The minimum atomic E-state index is -0.341. The molecule has 0 saturated heterocycles. The lowest BCUT2D eigenvalue weighted by Gasteiger charge is -2.07. The van der Waals surface area contributed by atoms with Crippen molar-refractivity contribution in [2.24, 2.45) is 0 Å². The Balaban J connectivity index is 2.14. The molecular weight excluding hydrogens is 292 g/mol. The average molecular weight is 302 g/mol. The standard InChI is InChI=1S/C17H10N4O2/c18-9-10-8-11(15(22)14-6-3-7-23-14)17-20-12-4-1-2-5-13(12)21(17)16(10)19/h1-8H,19H2. The Morgan fingerprint density at radius 2 is 2.09 bits per heavy atom. The summed E-state index contributed by atoms with van der Waals surface area (Å²) in [5.74, 6) is 0.103. The van der Waals surface area contributed by atoms with Crippen LogP contribution in [0.5, 0.6) is 0 Å². The number of benzene rings is 1. The zero-order chi connectivity index (χ0) is 16.0. The number of nitriles is 1. The summed E-state index contributed by atoms with van der Waals surface area (Å²) >= 11 is 0. The van der Waals surface area contributed by atoms with Gasteiger partial charge in [0.2, 0.25) is 5.78 Å². The zero-order valence-corrected chi connectivity index (χ0v) is 11.9. The van der Waals surface area contributed by atoms with E-state index < -0.39 is 0 Å². The second-order valence-electron chi connectivity index (χ2n) is 5.03. The van der Waals surface area contributed by atoms with Gasteiger partial charge in [-0.25, -0.2) is 4.98 Å². The normalized spacial score (nSPS) is 10.9. The molecule has 6 heteroatoms. The van der Waals surface area contributed by atoms with Gasteiger partial charge in [-0.15, -0.1) is 0 Å². The number of fused-ring (bicyclic) bond motifs is 3. The largest absolute Gasteiger partial charge is 0.461 e. The first-order valence-electron chi connectivity index (χ1n) is 6.88. The Morgan fingerprint density at radius 1 is 1.26 bits per heavy atom. The first kappa shape index (κ1) is 13.1. The van der Waals surface area contributed by atoms with Crippen LogP contribution in [0.2, 0.25) is 0 Å². The van der Waals surface area contributed by atoms with Crippen molar-refractivity contribution in [3.63, 3.8) is 0 Å². The Kier molecular flexibility index (Phi) is 2.68. The molecule has 6 nitrogen and oxygen atoms in total. The maximum atomic E-state index is 12.7. The summed E-state index contributed by atoms with van der Waals surface area (Å²) in [5, 5.41) is 9.33. The third kappa shape index (κ3) is 1.80. The summed E-state index contributed by atoms with van der Waals surface area (Å²) in [6.45, 7) is 0. The highest BCUT2D eigenvalue weighted by molar-refractivity contribution is 6.12. The summed E-state index contributed by atoms with van der Waals surface area (Å²) in [7, 11) is 0. The van der Waals surface area contributed by atoms with Crippen molar-refractivity contribution >= 4 is 28.3 Å². The number of nitrogens with zero attached hydrogens (tertiary/aromatic N) is 3. The van der Waals surface area contributed by atoms with Gasteiger partial charge < -0.3 is 10.2 Å². The minimum absolute atomic E-state index is 0.188.